The van der Waals surface area contributed by atoms with Gasteiger partial charge < -0.3 is 4.74 Å². The van der Waals surface area contributed by atoms with Gasteiger partial charge in [0.1, 0.15) is 29.5 Å². The first-order valence-corrected chi connectivity index (χ1v) is 6.85. The number of hydrogen-bond acceptors (Lipinski definition) is 3. The summed E-state index contributed by atoms with van der Waals surface area (Å²) in [5.74, 6) is -1.01. The monoisotopic (exact) mass is 280 g/mol. The fourth-order valence-electron chi connectivity index (χ4n) is 2.21. The molecule has 0 aromatic heterocycles. The van der Waals surface area contributed by atoms with Crippen LogP contribution in [-0.2, 0) is 0 Å². The van der Waals surface area contributed by atoms with Crippen molar-refractivity contribution in [1.82, 2.24) is 5.32 Å². The first-order valence-electron chi connectivity index (χ1n) is 6.85. The predicted molar refractivity (Wildman–Crippen MR) is 71.2 cm³/mol. The van der Waals surface area contributed by atoms with E-state index in [1.54, 1.807) is 0 Å². The summed E-state index contributed by atoms with van der Waals surface area (Å²) in [7, 11) is 0. The molecular weight excluding hydrogens is 262 g/mol. The lowest BCUT2D eigenvalue weighted by molar-refractivity contribution is 0.201. The molecule has 0 bridgehead atoms. The lowest BCUT2D eigenvalue weighted by Crippen LogP contribution is -2.51. The largest absolute Gasteiger partial charge is 0.490 e. The third-order valence-corrected chi connectivity index (χ3v) is 3.47. The smallest absolute Gasteiger partial charge is 0.143 e. The molecule has 1 unspecified atom stereocenters. The minimum Gasteiger partial charge on any atom is -0.490 e. The van der Waals surface area contributed by atoms with Crippen LogP contribution in [0.2, 0.25) is 0 Å². The highest BCUT2D eigenvalue weighted by molar-refractivity contribution is 5.25. The molecule has 1 aromatic rings. The van der Waals surface area contributed by atoms with Gasteiger partial charge in [-0.1, -0.05) is 6.92 Å². The standard InChI is InChI=1S/C15H18F2N2O/c1-2-5-19-15(9-18,11-3-4-11)10-20-14-7-12(16)6-13(17)8-14/h6-8,11,19H,2-5,10H2,1H3. The molecule has 5 heteroatoms. The number of benzene rings is 1. The Balaban J connectivity index is 2.06. The molecule has 20 heavy (non-hydrogen) atoms. The first kappa shape index (κ1) is 14.7. The number of rotatable bonds is 7. The molecule has 1 atom stereocenters. The lowest BCUT2D eigenvalue weighted by Gasteiger charge is -2.28. The molecule has 1 N–H and O–H groups in total. The van der Waals surface area contributed by atoms with Crippen LogP contribution < -0.4 is 10.1 Å². The van der Waals surface area contributed by atoms with E-state index in [2.05, 4.69) is 11.4 Å². The summed E-state index contributed by atoms with van der Waals surface area (Å²) >= 11 is 0. The van der Waals surface area contributed by atoms with E-state index in [1.807, 2.05) is 6.92 Å². The van der Waals surface area contributed by atoms with Gasteiger partial charge in [-0.25, -0.2) is 8.78 Å². The number of nitrogens with one attached hydrogen (secondary N) is 1. The van der Waals surface area contributed by atoms with E-state index in [9.17, 15) is 14.0 Å². The third kappa shape index (κ3) is 3.45. The van der Waals surface area contributed by atoms with Crippen molar-refractivity contribution in [3.8, 4) is 11.8 Å². The zero-order chi connectivity index (χ0) is 14.6. The Kier molecular flexibility index (Phi) is 4.56. The number of hydrogen-bond donors (Lipinski definition) is 1. The molecule has 1 fully saturated rings. The molecule has 2 rings (SSSR count). The van der Waals surface area contributed by atoms with Crippen molar-refractivity contribution in [1.29, 1.82) is 5.26 Å². The lowest BCUT2D eigenvalue weighted by atomic mass is 9.96. The molecule has 3 nitrogen and oxygen atoms in total. The van der Waals surface area contributed by atoms with E-state index in [0.717, 1.165) is 37.5 Å². The summed E-state index contributed by atoms with van der Waals surface area (Å²) in [6.45, 7) is 2.83. The van der Waals surface area contributed by atoms with Gasteiger partial charge in [-0.3, -0.25) is 5.32 Å². The third-order valence-electron chi connectivity index (χ3n) is 3.47. The van der Waals surface area contributed by atoms with E-state index in [1.165, 1.54) is 0 Å². The van der Waals surface area contributed by atoms with Gasteiger partial charge in [0.05, 0.1) is 6.07 Å². The van der Waals surface area contributed by atoms with Crippen LogP contribution in [0.15, 0.2) is 18.2 Å². The van der Waals surface area contributed by atoms with Crippen LogP contribution in [0.4, 0.5) is 8.78 Å². The van der Waals surface area contributed by atoms with Crippen LogP contribution in [0.3, 0.4) is 0 Å². The average Bonchev–Trinajstić information content (AvgIpc) is 3.23. The molecule has 1 aliphatic rings. The summed E-state index contributed by atoms with van der Waals surface area (Å²) in [5.41, 5.74) is -0.765. The second-order valence-electron chi connectivity index (χ2n) is 5.18. The van der Waals surface area contributed by atoms with Gasteiger partial charge in [0.25, 0.3) is 0 Å². The Labute approximate surface area is 117 Å². The van der Waals surface area contributed by atoms with Crippen molar-refractivity contribution < 1.29 is 13.5 Å². The molecule has 0 aliphatic heterocycles. The topological polar surface area (TPSA) is 45.0 Å². The Morgan fingerprint density at radius 1 is 1.35 bits per heavy atom. The second-order valence-corrected chi connectivity index (χ2v) is 5.18. The van der Waals surface area contributed by atoms with Crippen LogP contribution in [0, 0.1) is 28.9 Å². The fourth-order valence-corrected chi connectivity index (χ4v) is 2.21. The van der Waals surface area contributed by atoms with Crippen molar-refractivity contribution >= 4 is 0 Å². The van der Waals surface area contributed by atoms with Crippen molar-refractivity contribution in [3.05, 3.63) is 29.8 Å². The Morgan fingerprint density at radius 2 is 2.00 bits per heavy atom. The number of nitrogens with zero attached hydrogens (tertiary/aromatic N) is 1. The number of ether oxygens (including phenoxy) is 1. The van der Waals surface area contributed by atoms with Gasteiger partial charge in [0, 0.05) is 18.2 Å². The highest BCUT2D eigenvalue weighted by Gasteiger charge is 2.46. The maximum absolute atomic E-state index is 13.1. The number of halogens is 2. The SMILES string of the molecule is CCCNC(C#N)(COc1cc(F)cc(F)c1)C1CC1. The van der Waals surface area contributed by atoms with Gasteiger partial charge in [-0.2, -0.15) is 5.26 Å². The van der Waals surface area contributed by atoms with Gasteiger partial charge in [0.2, 0.25) is 0 Å². The molecule has 0 radical (unpaired) electrons. The van der Waals surface area contributed by atoms with Crippen LogP contribution in [0.1, 0.15) is 26.2 Å². The van der Waals surface area contributed by atoms with Gasteiger partial charge in [0.15, 0.2) is 0 Å². The van der Waals surface area contributed by atoms with E-state index >= 15 is 0 Å². The summed E-state index contributed by atoms with van der Waals surface area (Å²) in [4.78, 5) is 0. The van der Waals surface area contributed by atoms with Gasteiger partial charge >= 0.3 is 0 Å². The van der Waals surface area contributed by atoms with Crippen LogP contribution in [0.25, 0.3) is 0 Å². The predicted octanol–water partition coefficient (Wildman–Crippen LogP) is 3.02. The highest BCUT2D eigenvalue weighted by atomic mass is 19.1. The van der Waals surface area contributed by atoms with Crippen molar-refractivity contribution in [3.63, 3.8) is 0 Å². The van der Waals surface area contributed by atoms with E-state index in [-0.39, 0.29) is 18.3 Å². The fraction of sp³-hybridized carbons (Fsp3) is 0.533. The molecule has 108 valence electrons. The van der Waals surface area contributed by atoms with Crippen molar-refractivity contribution in [2.45, 2.75) is 31.7 Å². The molecule has 0 amide bonds. The molecule has 0 saturated heterocycles. The summed E-state index contributed by atoms with van der Waals surface area (Å²) in [6.07, 6.45) is 2.86. The van der Waals surface area contributed by atoms with E-state index in [4.69, 9.17) is 4.74 Å². The summed E-state index contributed by atoms with van der Waals surface area (Å²) < 4.78 is 31.7. The Hall–Kier alpha value is -1.67. The molecule has 0 spiro atoms. The minimum atomic E-state index is -0.765. The Bertz CT molecular complexity index is 491. The van der Waals surface area contributed by atoms with Gasteiger partial charge in [-0.15, -0.1) is 0 Å². The molecule has 1 aliphatic carbocycles. The van der Waals surface area contributed by atoms with Crippen molar-refractivity contribution in [2.24, 2.45) is 5.92 Å². The second kappa shape index (κ2) is 6.19. The normalized spacial score (nSPS) is 17.3. The Morgan fingerprint density at radius 3 is 2.50 bits per heavy atom. The quantitative estimate of drug-likeness (QED) is 0.835. The van der Waals surface area contributed by atoms with Crippen molar-refractivity contribution in [2.75, 3.05) is 13.2 Å². The molecular formula is C15H18F2N2O. The van der Waals surface area contributed by atoms with E-state index in [0.29, 0.717) is 6.54 Å². The molecule has 1 saturated carbocycles. The molecule has 0 heterocycles. The number of nitriles is 1. The first-order chi connectivity index (χ1) is 9.59. The van der Waals surface area contributed by atoms with Crippen LogP contribution in [0.5, 0.6) is 5.75 Å². The zero-order valence-corrected chi connectivity index (χ0v) is 11.5. The van der Waals surface area contributed by atoms with E-state index < -0.39 is 17.2 Å². The van der Waals surface area contributed by atoms with Crippen LogP contribution in [-0.4, -0.2) is 18.7 Å². The molecule has 1 aromatic carbocycles. The highest BCUT2D eigenvalue weighted by Crippen LogP contribution is 2.39. The maximum Gasteiger partial charge on any atom is 0.143 e. The van der Waals surface area contributed by atoms with Gasteiger partial charge in [-0.05, 0) is 31.7 Å². The maximum atomic E-state index is 13.1. The zero-order valence-electron chi connectivity index (χ0n) is 11.5. The van der Waals surface area contributed by atoms with Crippen LogP contribution >= 0.6 is 0 Å². The summed E-state index contributed by atoms with van der Waals surface area (Å²) in [5, 5.41) is 12.7. The average molecular weight is 280 g/mol. The summed E-state index contributed by atoms with van der Waals surface area (Å²) in [6, 6.07) is 5.33. The minimum absolute atomic E-state index is 0.0943.